The number of anilines is 1. The van der Waals surface area contributed by atoms with Crippen LogP contribution in [0.25, 0.3) is 0 Å². The van der Waals surface area contributed by atoms with Crippen molar-refractivity contribution in [1.29, 1.82) is 0 Å². The van der Waals surface area contributed by atoms with Crippen molar-refractivity contribution in [3.63, 3.8) is 0 Å². The van der Waals surface area contributed by atoms with Crippen molar-refractivity contribution in [1.82, 2.24) is 0 Å². The Kier molecular flexibility index (Phi) is 2.99. The van der Waals surface area contributed by atoms with Crippen LogP contribution in [0.3, 0.4) is 0 Å². The lowest BCUT2D eigenvalue weighted by Crippen LogP contribution is -1.99. The van der Waals surface area contributed by atoms with Crippen LogP contribution in [0.5, 0.6) is 11.5 Å². The first-order chi connectivity index (χ1) is 7.28. The fourth-order valence-electron chi connectivity index (χ4n) is 1.54. The minimum absolute atomic E-state index is 0.677. The molecule has 0 radical (unpaired) electrons. The summed E-state index contributed by atoms with van der Waals surface area (Å²) in [7, 11) is 1.63. The Balaban J connectivity index is 1.90. The van der Waals surface area contributed by atoms with Crippen LogP contribution < -0.4 is 15.2 Å². The zero-order valence-corrected chi connectivity index (χ0v) is 9.03. The van der Waals surface area contributed by atoms with Crippen molar-refractivity contribution in [2.24, 2.45) is 5.92 Å². The van der Waals surface area contributed by atoms with Gasteiger partial charge in [-0.25, -0.2) is 0 Å². The standard InChI is InChI=1S/C12H17NO2/c1-14-11-6-10(13)7-12(8-11)15-5-4-9-2-3-9/h6-9H,2-5,13H2,1H3. The molecule has 1 aliphatic rings. The van der Waals surface area contributed by atoms with Crippen molar-refractivity contribution < 1.29 is 9.47 Å². The molecule has 0 saturated heterocycles. The predicted molar refractivity (Wildman–Crippen MR) is 60.2 cm³/mol. The van der Waals surface area contributed by atoms with Gasteiger partial charge in [0.25, 0.3) is 0 Å². The minimum Gasteiger partial charge on any atom is -0.497 e. The number of benzene rings is 1. The number of hydrogen-bond donors (Lipinski definition) is 1. The molecule has 1 aliphatic carbocycles. The molecule has 1 fully saturated rings. The van der Waals surface area contributed by atoms with E-state index in [9.17, 15) is 0 Å². The molecule has 1 aromatic carbocycles. The Bertz CT molecular complexity index is 334. The van der Waals surface area contributed by atoms with Crippen LogP contribution in [0.1, 0.15) is 19.3 Å². The largest absolute Gasteiger partial charge is 0.497 e. The zero-order valence-electron chi connectivity index (χ0n) is 9.03. The van der Waals surface area contributed by atoms with Crippen molar-refractivity contribution >= 4 is 5.69 Å². The average Bonchev–Trinajstić information content (AvgIpc) is 3.01. The van der Waals surface area contributed by atoms with Crippen molar-refractivity contribution in [3.8, 4) is 11.5 Å². The number of rotatable bonds is 5. The molecule has 2 N–H and O–H groups in total. The van der Waals surface area contributed by atoms with Gasteiger partial charge in [0.2, 0.25) is 0 Å². The van der Waals surface area contributed by atoms with Gasteiger partial charge in [-0.1, -0.05) is 12.8 Å². The lowest BCUT2D eigenvalue weighted by molar-refractivity contribution is 0.300. The molecule has 0 aromatic heterocycles. The molecule has 3 nitrogen and oxygen atoms in total. The molecule has 0 spiro atoms. The first-order valence-electron chi connectivity index (χ1n) is 5.35. The van der Waals surface area contributed by atoms with E-state index in [1.54, 1.807) is 13.2 Å². The molecule has 3 heteroatoms. The van der Waals surface area contributed by atoms with Crippen LogP contribution in [-0.2, 0) is 0 Å². The van der Waals surface area contributed by atoms with E-state index in [1.807, 2.05) is 12.1 Å². The summed E-state index contributed by atoms with van der Waals surface area (Å²) >= 11 is 0. The van der Waals surface area contributed by atoms with E-state index in [1.165, 1.54) is 12.8 Å². The lowest BCUT2D eigenvalue weighted by atomic mass is 10.3. The van der Waals surface area contributed by atoms with Crippen LogP contribution >= 0.6 is 0 Å². The second-order valence-corrected chi connectivity index (χ2v) is 4.02. The zero-order chi connectivity index (χ0) is 10.7. The molecular weight excluding hydrogens is 190 g/mol. The SMILES string of the molecule is COc1cc(N)cc(OCCC2CC2)c1. The third-order valence-corrected chi connectivity index (χ3v) is 2.63. The number of nitrogens with two attached hydrogens (primary N) is 1. The van der Waals surface area contributed by atoms with Crippen LogP contribution in [0.2, 0.25) is 0 Å². The fraction of sp³-hybridized carbons (Fsp3) is 0.500. The van der Waals surface area contributed by atoms with Crippen LogP contribution in [0.4, 0.5) is 5.69 Å². The molecule has 1 saturated carbocycles. The van der Waals surface area contributed by atoms with Gasteiger partial charge in [0.15, 0.2) is 0 Å². The van der Waals surface area contributed by atoms with Gasteiger partial charge in [-0.15, -0.1) is 0 Å². The molecule has 0 amide bonds. The van der Waals surface area contributed by atoms with E-state index in [-0.39, 0.29) is 0 Å². The van der Waals surface area contributed by atoms with Crippen molar-refractivity contribution in [2.45, 2.75) is 19.3 Å². The van der Waals surface area contributed by atoms with E-state index in [0.29, 0.717) is 5.69 Å². The lowest BCUT2D eigenvalue weighted by Gasteiger charge is -2.08. The highest BCUT2D eigenvalue weighted by Crippen LogP contribution is 2.32. The van der Waals surface area contributed by atoms with Crippen LogP contribution in [-0.4, -0.2) is 13.7 Å². The van der Waals surface area contributed by atoms with Crippen LogP contribution in [0, 0.1) is 5.92 Å². The summed E-state index contributed by atoms with van der Waals surface area (Å²) in [5.41, 5.74) is 6.40. The predicted octanol–water partition coefficient (Wildman–Crippen LogP) is 2.46. The third kappa shape index (κ3) is 3.05. The Morgan fingerprint density at radius 3 is 2.67 bits per heavy atom. The smallest absolute Gasteiger partial charge is 0.125 e. The molecule has 82 valence electrons. The van der Waals surface area contributed by atoms with E-state index in [2.05, 4.69) is 0 Å². The summed E-state index contributed by atoms with van der Waals surface area (Å²) in [6.07, 6.45) is 3.88. The topological polar surface area (TPSA) is 44.5 Å². The third-order valence-electron chi connectivity index (χ3n) is 2.63. The molecule has 2 rings (SSSR count). The van der Waals surface area contributed by atoms with Crippen molar-refractivity contribution in [3.05, 3.63) is 18.2 Å². The Hall–Kier alpha value is -1.38. The summed E-state index contributed by atoms with van der Waals surface area (Å²) in [6.45, 7) is 0.775. The second-order valence-electron chi connectivity index (χ2n) is 4.02. The Labute approximate surface area is 90.2 Å². The number of methoxy groups -OCH3 is 1. The van der Waals surface area contributed by atoms with Gasteiger partial charge >= 0.3 is 0 Å². The highest BCUT2D eigenvalue weighted by atomic mass is 16.5. The molecule has 15 heavy (non-hydrogen) atoms. The Morgan fingerprint density at radius 1 is 1.27 bits per heavy atom. The van der Waals surface area contributed by atoms with Gasteiger partial charge in [0.05, 0.1) is 13.7 Å². The van der Waals surface area contributed by atoms with Gasteiger partial charge in [-0.3, -0.25) is 0 Å². The minimum atomic E-state index is 0.677. The maximum absolute atomic E-state index is 5.72. The normalized spacial score (nSPS) is 15.0. The first kappa shape index (κ1) is 10.1. The maximum atomic E-state index is 5.72. The van der Waals surface area contributed by atoms with Crippen molar-refractivity contribution in [2.75, 3.05) is 19.5 Å². The number of hydrogen-bond acceptors (Lipinski definition) is 3. The number of nitrogen functional groups attached to an aromatic ring is 1. The van der Waals surface area contributed by atoms with E-state index in [0.717, 1.165) is 30.4 Å². The molecule has 0 atom stereocenters. The average molecular weight is 207 g/mol. The summed E-state index contributed by atoms with van der Waals surface area (Å²) in [5.74, 6) is 2.44. The molecule has 0 aliphatic heterocycles. The molecule has 0 unspecified atom stereocenters. The maximum Gasteiger partial charge on any atom is 0.125 e. The molecule has 0 bridgehead atoms. The Morgan fingerprint density at radius 2 is 2.00 bits per heavy atom. The molecular formula is C12H17NO2. The highest BCUT2D eigenvalue weighted by Gasteiger charge is 2.20. The quantitative estimate of drug-likeness (QED) is 0.754. The monoisotopic (exact) mass is 207 g/mol. The van der Waals surface area contributed by atoms with Gasteiger partial charge < -0.3 is 15.2 Å². The highest BCUT2D eigenvalue weighted by molar-refractivity contribution is 5.50. The van der Waals surface area contributed by atoms with Gasteiger partial charge in [0, 0.05) is 23.9 Å². The second kappa shape index (κ2) is 4.43. The van der Waals surface area contributed by atoms with Gasteiger partial charge in [-0.05, 0) is 12.3 Å². The van der Waals surface area contributed by atoms with E-state index >= 15 is 0 Å². The molecule has 1 aromatic rings. The van der Waals surface area contributed by atoms with Crippen LogP contribution in [0.15, 0.2) is 18.2 Å². The van der Waals surface area contributed by atoms with E-state index < -0.39 is 0 Å². The molecule has 0 heterocycles. The summed E-state index contributed by atoms with van der Waals surface area (Å²) < 4.78 is 10.7. The fourth-order valence-corrected chi connectivity index (χ4v) is 1.54. The number of ether oxygens (including phenoxy) is 2. The van der Waals surface area contributed by atoms with E-state index in [4.69, 9.17) is 15.2 Å². The first-order valence-corrected chi connectivity index (χ1v) is 5.35. The van der Waals surface area contributed by atoms with Gasteiger partial charge in [-0.2, -0.15) is 0 Å². The summed E-state index contributed by atoms with van der Waals surface area (Å²) in [6, 6.07) is 5.48. The van der Waals surface area contributed by atoms with Gasteiger partial charge in [0.1, 0.15) is 11.5 Å². The summed E-state index contributed by atoms with van der Waals surface area (Å²) in [5, 5.41) is 0. The summed E-state index contributed by atoms with van der Waals surface area (Å²) in [4.78, 5) is 0.